The quantitative estimate of drug-likeness (QED) is 0.702. The van der Waals surface area contributed by atoms with Gasteiger partial charge in [0.2, 0.25) is 5.88 Å². The summed E-state index contributed by atoms with van der Waals surface area (Å²) in [6, 6.07) is 15.1. The summed E-state index contributed by atoms with van der Waals surface area (Å²) in [6.07, 6.45) is 1.75. The minimum Gasteiger partial charge on any atom is -0.493 e. The summed E-state index contributed by atoms with van der Waals surface area (Å²) in [4.78, 5) is 9.55. The number of hydrogen-bond donors (Lipinski definition) is 1. The SMILES string of the molecule is CCOc1ccccc1-n1c(O)c(C=C2N=c3ccccc3=N2)sc1=S. The van der Waals surface area contributed by atoms with Crippen LogP contribution < -0.4 is 15.5 Å². The van der Waals surface area contributed by atoms with Crippen molar-refractivity contribution in [3.8, 4) is 17.3 Å². The Balaban J connectivity index is 1.81. The van der Waals surface area contributed by atoms with Crippen LogP contribution in [0.1, 0.15) is 11.8 Å². The Morgan fingerprint density at radius 1 is 1.12 bits per heavy atom. The molecule has 5 nitrogen and oxygen atoms in total. The lowest BCUT2D eigenvalue weighted by Gasteiger charge is -2.11. The van der Waals surface area contributed by atoms with Gasteiger partial charge in [-0.05, 0) is 43.4 Å². The summed E-state index contributed by atoms with van der Waals surface area (Å²) in [5.74, 6) is 1.27. The maximum atomic E-state index is 10.8. The highest BCUT2D eigenvalue weighted by atomic mass is 32.1. The van der Waals surface area contributed by atoms with Gasteiger partial charge in [-0.3, -0.25) is 4.57 Å². The zero-order valence-electron chi connectivity index (χ0n) is 13.9. The second kappa shape index (κ2) is 6.86. The predicted octanol–water partition coefficient (Wildman–Crippen LogP) is 3.62. The van der Waals surface area contributed by atoms with Gasteiger partial charge < -0.3 is 9.84 Å². The van der Waals surface area contributed by atoms with Gasteiger partial charge in [0, 0.05) is 6.08 Å². The van der Waals surface area contributed by atoms with Gasteiger partial charge in [-0.2, -0.15) is 0 Å². The second-order valence-corrected chi connectivity index (χ2v) is 7.18. The minimum atomic E-state index is 0.0565. The van der Waals surface area contributed by atoms with Gasteiger partial charge >= 0.3 is 0 Å². The first-order chi connectivity index (χ1) is 12.7. The lowest BCUT2D eigenvalue weighted by molar-refractivity contribution is 0.337. The first-order valence-corrected chi connectivity index (χ1v) is 9.31. The summed E-state index contributed by atoms with van der Waals surface area (Å²) in [7, 11) is 0. The van der Waals surface area contributed by atoms with E-state index in [0.29, 0.717) is 32.7 Å². The summed E-state index contributed by atoms with van der Waals surface area (Å²) in [6.45, 7) is 2.45. The average molecular weight is 381 g/mol. The van der Waals surface area contributed by atoms with E-state index in [1.807, 2.05) is 55.5 Å². The molecular formula is C19H15N3O2S2. The third-order valence-electron chi connectivity index (χ3n) is 3.83. The number of ether oxygens (including phenoxy) is 1. The number of fused-ring (bicyclic) bond motifs is 1. The molecule has 2 aromatic carbocycles. The Morgan fingerprint density at radius 2 is 1.77 bits per heavy atom. The van der Waals surface area contributed by atoms with Crippen molar-refractivity contribution in [2.24, 2.45) is 9.98 Å². The molecule has 3 aromatic rings. The number of rotatable bonds is 4. The Kier molecular flexibility index (Phi) is 4.40. The fourth-order valence-electron chi connectivity index (χ4n) is 2.71. The van der Waals surface area contributed by atoms with Crippen molar-refractivity contribution in [3.05, 3.63) is 73.9 Å². The molecule has 4 rings (SSSR count). The molecule has 0 fully saturated rings. The molecule has 0 bridgehead atoms. The van der Waals surface area contributed by atoms with Gasteiger partial charge in [0.15, 0.2) is 9.78 Å². The molecule has 0 aliphatic carbocycles. The molecular weight excluding hydrogens is 366 g/mol. The fourth-order valence-corrected chi connectivity index (χ4v) is 3.98. The monoisotopic (exact) mass is 381 g/mol. The highest BCUT2D eigenvalue weighted by Crippen LogP contribution is 2.35. The van der Waals surface area contributed by atoms with Gasteiger partial charge in [0.1, 0.15) is 5.75 Å². The highest BCUT2D eigenvalue weighted by molar-refractivity contribution is 7.73. The minimum absolute atomic E-state index is 0.0565. The Morgan fingerprint density at radius 3 is 2.46 bits per heavy atom. The Hall–Kier alpha value is -2.77. The van der Waals surface area contributed by atoms with Crippen LogP contribution in [0.25, 0.3) is 11.8 Å². The molecule has 0 radical (unpaired) electrons. The van der Waals surface area contributed by atoms with Crippen molar-refractivity contribution in [2.45, 2.75) is 6.92 Å². The zero-order chi connectivity index (χ0) is 18.1. The highest BCUT2D eigenvalue weighted by Gasteiger charge is 2.16. The van der Waals surface area contributed by atoms with Gasteiger partial charge in [-0.25, -0.2) is 9.98 Å². The average Bonchev–Trinajstić information content (AvgIpc) is 3.16. The molecule has 1 aliphatic heterocycles. The van der Waals surface area contributed by atoms with Crippen LogP contribution in [0.2, 0.25) is 0 Å². The van der Waals surface area contributed by atoms with Crippen LogP contribution in [-0.4, -0.2) is 16.3 Å². The van der Waals surface area contributed by atoms with E-state index in [2.05, 4.69) is 9.98 Å². The number of hydrogen-bond acceptors (Lipinski definition) is 6. The maximum absolute atomic E-state index is 10.8. The third-order valence-corrected chi connectivity index (χ3v) is 5.14. The van der Waals surface area contributed by atoms with E-state index in [1.165, 1.54) is 11.3 Å². The molecule has 7 heteroatoms. The van der Waals surface area contributed by atoms with Crippen LogP contribution in [0, 0.1) is 3.95 Å². The van der Waals surface area contributed by atoms with E-state index < -0.39 is 0 Å². The van der Waals surface area contributed by atoms with Crippen LogP contribution in [0.4, 0.5) is 0 Å². The molecule has 0 unspecified atom stereocenters. The van der Waals surface area contributed by atoms with E-state index in [-0.39, 0.29) is 5.88 Å². The van der Waals surface area contributed by atoms with Gasteiger partial charge in [-0.1, -0.05) is 24.3 Å². The molecule has 0 spiro atoms. The first kappa shape index (κ1) is 16.7. The second-order valence-electron chi connectivity index (χ2n) is 5.51. The molecule has 0 atom stereocenters. The number of thiazole rings is 1. The lowest BCUT2D eigenvalue weighted by atomic mass is 10.3. The normalized spacial score (nSPS) is 12.3. The number of nitrogens with zero attached hydrogens (tertiary/aromatic N) is 3. The molecule has 0 saturated heterocycles. The Labute approximate surface area is 158 Å². The van der Waals surface area contributed by atoms with Gasteiger partial charge in [0.25, 0.3) is 0 Å². The standard InChI is InChI=1S/C19H15N3O2S2/c1-2-24-15-10-6-5-9-14(15)22-18(23)16(26-19(22)25)11-17-20-12-7-3-4-8-13(12)21-17/h3-11,23H,2H2,1H3. The molecule has 1 aliphatic rings. The lowest BCUT2D eigenvalue weighted by Crippen LogP contribution is -2.19. The Bertz CT molecular complexity index is 1150. The first-order valence-electron chi connectivity index (χ1n) is 8.08. The van der Waals surface area contributed by atoms with Crippen molar-refractivity contribution >= 4 is 29.6 Å². The van der Waals surface area contributed by atoms with Gasteiger partial charge in [0.05, 0.1) is 27.9 Å². The predicted molar refractivity (Wildman–Crippen MR) is 104 cm³/mol. The van der Waals surface area contributed by atoms with Crippen molar-refractivity contribution in [3.63, 3.8) is 0 Å². The van der Waals surface area contributed by atoms with E-state index >= 15 is 0 Å². The largest absolute Gasteiger partial charge is 0.493 e. The zero-order valence-corrected chi connectivity index (χ0v) is 15.5. The topological polar surface area (TPSA) is 59.1 Å². The van der Waals surface area contributed by atoms with Crippen LogP contribution in [-0.2, 0) is 0 Å². The van der Waals surface area contributed by atoms with Crippen LogP contribution in [0.15, 0.2) is 64.3 Å². The van der Waals surface area contributed by atoms with Crippen molar-refractivity contribution in [2.75, 3.05) is 6.61 Å². The number of benzene rings is 2. The summed E-state index contributed by atoms with van der Waals surface area (Å²) < 4.78 is 7.80. The maximum Gasteiger partial charge on any atom is 0.215 e. The van der Waals surface area contributed by atoms with E-state index in [9.17, 15) is 5.11 Å². The fraction of sp³-hybridized carbons (Fsp3) is 0.105. The summed E-state index contributed by atoms with van der Waals surface area (Å²) in [5.41, 5.74) is 0.710. The van der Waals surface area contributed by atoms with Crippen molar-refractivity contribution in [1.82, 2.24) is 4.57 Å². The van der Waals surface area contributed by atoms with Crippen molar-refractivity contribution < 1.29 is 9.84 Å². The van der Waals surface area contributed by atoms with Crippen LogP contribution in [0.5, 0.6) is 11.6 Å². The molecule has 0 amide bonds. The number of para-hydroxylation sites is 4. The molecule has 1 aromatic heterocycles. The molecule has 130 valence electrons. The van der Waals surface area contributed by atoms with E-state index in [0.717, 1.165) is 10.7 Å². The summed E-state index contributed by atoms with van der Waals surface area (Å²) >= 11 is 6.78. The smallest absolute Gasteiger partial charge is 0.215 e. The molecule has 0 saturated carbocycles. The molecule has 26 heavy (non-hydrogen) atoms. The van der Waals surface area contributed by atoms with E-state index in [4.69, 9.17) is 17.0 Å². The third kappa shape index (κ3) is 2.95. The van der Waals surface area contributed by atoms with Gasteiger partial charge in [-0.15, -0.1) is 11.3 Å². The van der Waals surface area contributed by atoms with E-state index in [1.54, 1.807) is 10.6 Å². The molecule has 2 heterocycles. The van der Waals surface area contributed by atoms with Crippen LogP contribution >= 0.6 is 23.6 Å². The van der Waals surface area contributed by atoms with Crippen molar-refractivity contribution in [1.29, 1.82) is 0 Å². The summed E-state index contributed by atoms with van der Waals surface area (Å²) in [5, 5.41) is 12.4. The van der Waals surface area contributed by atoms with Crippen LogP contribution in [0.3, 0.4) is 0 Å². The molecule has 1 N–H and O–H groups in total. The number of aromatic hydroxyl groups is 1. The number of aromatic nitrogens is 1.